The summed E-state index contributed by atoms with van der Waals surface area (Å²) in [7, 11) is 0. The van der Waals surface area contributed by atoms with Gasteiger partial charge in [-0.2, -0.15) is 5.10 Å². The first kappa shape index (κ1) is 15.8. The molecule has 7 heteroatoms. The highest BCUT2D eigenvalue weighted by atomic mass is 16.1. The molecule has 0 fully saturated rings. The highest BCUT2D eigenvalue weighted by molar-refractivity contribution is 6.05. The van der Waals surface area contributed by atoms with Crippen molar-refractivity contribution >= 4 is 28.3 Å². The van der Waals surface area contributed by atoms with Gasteiger partial charge in [-0.1, -0.05) is 30.3 Å². The molecule has 2 aromatic carbocycles. The van der Waals surface area contributed by atoms with E-state index in [1.807, 2.05) is 47.3 Å². The number of fused-ring (bicyclic) bond motifs is 1. The number of anilines is 2. The summed E-state index contributed by atoms with van der Waals surface area (Å²) in [4.78, 5) is 20.0. The van der Waals surface area contributed by atoms with Crippen molar-refractivity contribution in [1.82, 2.24) is 19.7 Å². The van der Waals surface area contributed by atoms with E-state index in [0.29, 0.717) is 17.8 Å². The molecule has 1 amide bonds. The Kier molecular flexibility index (Phi) is 4.03. The zero-order chi connectivity index (χ0) is 17.9. The Bertz CT molecular complexity index is 1040. The summed E-state index contributed by atoms with van der Waals surface area (Å²) >= 11 is 0. The first-order chi connectivity index (χ1) is 12.7. The average molecular weight is 344 g/mol. The molecule has 0 aliphatic heterocycles. The van der Waals surface area contributed by atoms with Crippen LogP contribution in [0.25, 0.3) is 10.9 Å². The van der Waals surface area contributed by atoms with E-state index in [4.69, 9.17) is 5.73 Å². The Morgan fingerprint density at radius 1 is 1.12 bits per heavy atom. The van der Waals surface area contributed by atoms with Gasteiger partial charge in [0.2, 0.25) is 0 Å². The van der Waals surface area contributed by atoms with Gasteiger partial charge in [-0.15, -0.1) is 0 Å². The van der Waals surface area contributed by atoms with E-state index in [9.17, 15) is 4.79 Å². The number of rotatable bonds is 4. The van der Waals surface area contributed by atoms with E-state index in [1.165, 1.54) is 12.5 Å². The molecule has 4 rings (SSSR count). The Morgan fingerprint density at radius 3 is 2.69 bits per heavy atom. The van der Waals surface area contributed by atoms with Crippen LogP contribution in [0.3, 0.4) is 0 Å². The molecule has 0 saturated carbocycles. The van der Waals surface area contributed by atoms with Gasteiger partial charge in [0.05, 0.1) is 18.3 Å². The summed E-state index contributed by atoms with van der Waals surface area (Å²) in [5.74, 6) is -0.0291. The number of carbonyl (C=O) groups excluding carboxylic acids is 1. The quantitative estimate of drug-likeness (QED) is 0.593. The number of hydrogen-bond donors (Lipinski definition) is 2. The Labute approximate surface area is 149 Å². The Morgan fingerprint density at radius 2 is 1.92 bits per heavy atom. The first-order valence-corrected chi connectivity index (χ1v) is 8.07. The summed E-state index contributed by atoms with van der Waals surface area (Å²) in [5.41, 5.74) is 8.65. The second-order valence-electron chi connectivity index (χ2n) is 5.86. The number of benzene rings is 2. The summed E-state index contributed by atoms with van der Waals surface area (Å²) in [6.07, 6.45) is 4.81. The molecule has 2 aromatic heterocycles. The number of nitrogen functional groups attached to an aromatic ring is 1. The molecular formula is C19H16N6O. The van der Waals surface area contributed by atoms with Crippen LogP contribution in [0.15, 0.2) is 67.3 Å². The Hall–Kier alpha value is -3.74. The maximum absolute atomic E-state index is 12.3. The number of carbonyl (C=O) groups is 1. The minimum atomic E-state index is -0.261. The number of nitrogens with one attached hydrogen (secondary N) is 1. The van der Waals surface area contributed by atoms with E-state index in [0.717, 1.165) is 16.5 Å². The van der Waals surface area contributed by atoms with Crippen molar-refractivity contribution < 1.29 is 4.79 Å². The molecule has 0 unspecified atom stereocenters. The lowest BCUT2D eigenvalue weighted by Gasteiger charge is -2.07. The van der Waals surface area contributed by atoms with Crippen molar-refractivity contribution in [2.45, 2.75) is 6.54 Å². The van der Waals surface area contributed by atoms with Gasteiger partial charge in [0, 0.05) is 17.1 Å². The van der Waals surface area contributed by atoms with E-state index < -0.39 is 0 Å². The van der Waals surface area contributed by atoms with Crippen LogP contribution in [-0.2, 0) is 6.54 Å². The highest BCUT2D eigenvalue weighted by Crippen LogP contribution is 2.15. The van der Waals surface area contributed by atoms with E-state index in [1.54, 1.807) is 12.1 Å². The van der Waals surface area contributed by atoms with Crippen molar-refractivity contribution in [1.29, 1.82) is 0 Å². The number of hydrogen-bond acceptors (Lipinski definition) is 5. The fraction of sp³-hybridized carbons (Fsp3) is 0.0526. The number of amides is 1. The predicted octanol–water partition coefficient (Wildman–Crippen LogP) is 2.71. The van der Waals surface area contributed by atoms with Gasteiger partial charge in [0.1, 0.15) is 12.0 Å². The minimum absolute atomic E-state index is 0.232. The first-order valence-electron chi connectivity index (χ1n) is 8.07. The van der Waals surface area contributed by atoms with E-state index in [-0.39, 0.29) is 11.7 Å². The third-order valence-electron chi connectivity index (χ3n) is 4.01. The maximum atomic E-state index is 12.3. The molecule has 128 valence electrons. The van der Waals surface area contributed by atoms with Gasteiger partial charge in [0.25, 0.3) is 5.91 Å². The number of aromatic nitrogens is 4. The van der Waals surface area contributed by atoms with Crippen LogP contribution in [-0.4, -0.2) is 25.7 Å². The molecule has 26 heavy (non-hydrogen) atoms. The standard InChI is InChI=1S/C19H16N6O/c20-18-17(9-21-12-22-18)23-19(26)14-7-5-13(6-8-14)10-25-11-15-3-1-2-4-16(15)24-25/h1-9,11-12H,10H2,(H,23,26)(H2,20,21,22). The van der Waals surface area contributed by atoms with Crippen LogP contribution in [0, 0.1) is 0 Å². The van der Waals surface area contributed by atoms with Gasteiger partial charge in [-0.25, -0.2) is 9.97 Å². The van der Waals surface area contributed by atoms with Crippen molar-refractivity contribution in [3.8, 4) is 0 Å². The van der Waals surface area contributed by atoms with Crippen molar-refractivity contribution in [3.63, 3.8) is 0 Å². The van der Waals surface area contributed by atoms with E-state index >= 15 is 0 Å². The lowest BCUT2D eigenvalue weighted by molar-refractivity contribution is 0.102. The fourth-order valence-corrected chi connectivity index (χ4v) is 2.68. The molecule has 3 N–H and O–H groups in total. The molecule has 0 aliphatic carbocycles. The van der Waals surface area contributed by atoms with Gasteiger partial charge in [-0.3, -0.25) is 9.48 Å². The monoisotopic (exact) mass is 344 g/mol. The SMILES string of the molecule is Nc1ncncc1NC(=O)c1ccc(Cn2cc3ccccc3n2)cc1. The molecule has 0 bridgehead atoms. The number of nitrogens with two attached hydrogens (primary N) is 1. The molecular weight excluding hydrogens is 328 g/mol. The van der Waals surface area contributed by atoms with Crippen molar-refractivity contribution in [3.05, 3.63) is 78.4 Å². The molecule has 0 atom stereocenters. The smallest absolute Gasteiger partial charge is 0.255 e. The second-order valence-corrected chi connectivity index (χ2v) is 5.86. The van der Waals surface area contributed by atoms with Crippen LogP contribution in [0.5, 0.6) is 0 Å². The molecule has 0 radical (unpaired) electrons. The van der Waals surface area contributed by atoms with Crippen LogP contribution in [0.1, 0.15) is 15.9 Å². The van der Waals surface area contributed by atoms with Gasteiger partial charge >= 0.3 is 0 Å². The molecule has 0 aliphatic rings. The summed E-state index contributed by atoms with van der Waals surface area (Å²) in [6, 6.07) is 15.3. The second kappa shape index (κ2) is 6.64. The normalized spacial score (nSPS) is 10.8. The van der Waals surface area contributed by atoms with Gasteiger partial charge < -0.3 is 11.1 Å². The van der Waals surface area contributed by atoms with Crippen LogP contribution < -0.4 is 11.1 Å². The number of nitrogens with zero attached hydrogens (tertiary/aromatic N) is 4. The fourth-order valence-electron chi connectivity index (χ4n) is 2.68. The Balaban J connectivity index is 1.47. The largest absolute Gasteiger partial charge is 0.382 e. The topological polar surface area (TPSA) is 98.7 Å². The molecule has 2 heterocycles. The van der Waals surface area contributed by atoms with Crippen molar-refractivity contribution in [2.24, 2.45) is 0 Å². The highest BCUT2D eigenvalue weighted by Gasteiger charge is 2.09. The van der Waals surface area contributed by atoms with Crippen LogP contribution in [0.4, 0.5) is 11.5 Å². The molecule has 4 aromatic rings. The zero-order valence-corrected chi connectivity index (χ0v) is 13.8. The lowest BCUT2D eigenvalue weighted by Crippen LogP contribution is -2.14. The van der Waals surface area contributed by atoms with Gasteiger partial charge in [0.15, 0.2) is 5.82 Å². The zero-order valence-electron chi connectivity index (χ0n) is 13.8. The maximum Gasteiger partial charge on any atom is 0.255 e. The summed E-state index contributed by atoms with van der Waals surface area (Å²) in [6.45, 7) is 0.635. The molecule has 0 spiro atoms. The molecule has 0 saturated heterocycles. The third kappa shape index (κ3) is 3.23. The third-order valence-corrected chi connectivity index (χ3v) is 4.01. The lowest BCUT2D eigenvalue weighted by atomic mass is 10.1. The summed E-state index contributed by atoms with van der Waals surface area (Å²) < 4.78 is 1.89. The van der Waals surface area contributed by atoms with Crippen molar-refractivity contribution in [2.75, 3.05) is 11.1 Å². The van der Waals surface area contributed by atoms with Crippen LogP contribution in [0.2, 0.25) is 0 Å². The predicted molar refractivity (Wildman–Crippen MR) is 99.7 cm³/mol. The molecule has 7 nitrogen and oxygen atoms in total. The average Bonchev–Trinajstić information content (AvgIpc) is 3.06. The minimum Gasteiger partial charge on any atom is -0.382 e. The summed E-state index contributed by atoms with van der Waals surface area (Å²) in [5, 5.41) is 8.35. The van der Waals surface area contributed by atoms with E-state index in [2.05, 4.69) is 20.4 Å². The van der Waals surface area contributed by atoms with Crippen LogP contribution >= 0.6 is 0 Å². The van der Waals surface area contributed by atoms with Gasteiger partial charge in [-0.05, 0) is 23.8 Å².